The summed E-state index contributed by atoms with van der Waals surface area (Å²) < 4.78 is 49.3. The Balaban J connectivity index is 2.64. The van der Waals surface area contributed by atoms with Gasteiger partial charge in [-0.25, -0.2) is 9.13 Å². The fraction of sp³-hybridized carbons (Fsp3) is 0.702. The van der Waals surface area contributed by atoms with E-state index < -0.39 is 83.5 Å². The Morgan fingerprint density at radius 2 is 0.955 bits per heavy atom. The number of carbonyl (C=O) groups excluding carboxylic acids is 2. The van der Waals surface area contributed by atoms with Gasteiger partial charge in [-0.1, -0.05) is 118 Å². The lowest BCUT2D eigenvalue weighted by atomic mass is 9.85. The Morgan fingerprint density at radius 1 is 0.515 bits per heavy atom. The van der Waals surface area contributed by atoms with Crippen molar-refractivity contribution in [3.8, 4) is 0 Å². The van der Waals surface area contributed by atoms with Gasteiger partial charge in [0.05, 0.1) is 6.61 Å². The van der Waals surface area contributed by atoms with Gasteiger partial charge >= 0.3 is 27.6 Å². The zero-order valence-electron chi connectivity index (χ0n) is 38.8. The van der Waals surface area contributed by atoms with Crippen molar-refractivity contribution in [3.63, 3.8) is 0 Å². The minimum atomic E-state index is -5.38. The molecule has 0 bridgehead atoms. The summed E-state index contributed by atoms with van der Waals surface area (Å²) in [7, 11) is -10.7. The average Bonchev–Trinajstić information content (AvgIpc) is 3.27. The minimum absolute atomic E-state index is 0.00740. The number of hydrogen-bond acceptors (Lipinski definition) is 14. The summed E-state index contributed by atoms with van der Waals surface area (Å²) in [5.74, 6) is -1.31. The number of ether oxygens (including phenoxy) is 2. The molecule has 5 unspecified atom stereocenters. The average molecular weight is 979 g/mol. The number of carbonyl (C=O) groups is 2. The van der Waals surface area contributed by atoms with E-state index >= 15 is 0 Å². The molecule has 0 aromatic heterocycles. The Hall–Kier alpha value is -2.60. The lowest BCUT2D eigenvalue weighted by Gasteiger charge is -2.43. The molecule has 8 atom stereocenters. The van der Waals surface area contributed by atoms with Crippen LogP contribution in [0.15, 0.2) is 72.9 Å². The maximum Gasteiger partial charge on any atom is 0.472 e. The topological polar surface area (TPSA) is 276 Å². The second-order valence-corrected chi connectivity index (χ2v) is 18.8. The highest BCUT2D eigenvalue weighted by atomic mass is 31.2. The molecule has 0 aromatic carbocycles. The molecule has 1 saturated carbocycles. The van der Waals surface area contributed by atoms with Crippen molar-refractivity contribution in [1.29, 1.82) is 0 Å². The van der Waals surface area contributed by atoms with Crippen LogP contribution in [0.3, 0.4) is 0 Å². The van der Waals surface area contributed by atoms with Gasteiger partial charge in [-0.15, -0.1) is 0 Å². The number of hydrogen-bond donors (Lipinski definition) is 8. The third kappa shape index (κ3) is 32.2. The molecule has 1 rings (SSSR count). The first-order valence-corrected chi connectivity index (χ1v) is 26.6. The molecule has 8 N–H and O–H groups in total. The number of aliphatic hydroxyl groups is 5. The molecular weight excluding hydrogens is 898 g/mol. The van der Waals surface area contributed by atoms with E-state index in [1.807, 2.05) is 18.2 Å². The lowest BCUT2D eigenvalue weighted by Crippen LogP contribution is -2.64. The maximum absolute atomic E-state index is 13.0. The molecule has 0 aliphatic heterocycles. The lowest BCUT2D eigenvalue weighted by molar-refractivity contribution is -0.216. The number of phosphoric acid groups is 2. The summed E-state index contributed by atoms with van der Waals surface area (Å²) >= 11 is 0. The van der Waals surface area contributed by atoms with Gasteiger partial charge in [-0.05, 0) is 89.9 Å². The summed E-state index contributed by atoms with van der Waals surface area (Å²) in [6.07, 6.45) is 28.8. The number of aliphatic hydroxyl groups excluding tert-OH is 5. The molecule has 0 amide bonds. The highest BCUT2D eigenvalue weighted by Crippen LogP contribution is 2.49. The summed E-state index contributed by atoms with van der Waals surface area (Å²) in [6.45, 7) is 1.02. The Kier molecular flexibility index (Phi) is 35.6. The number of unbranched alkanes of at least 4 members (excludes halogenated alkanes) is 12. The van der Waals surface area contributed by atoms with E-state index in [4.69, 9.17) is 33.4 Å². The molecular formula is C47H80O17P2. The number of rotatable bonds is 39. The van der Waals surface area contributed by atoms with Crippen LogP contribution in [0.5, 0.6) is 0 Å². The van der Waals surface area contributed by atoms with Gasteiger partial charge in [0.2, 0.25) is 0 Å². The molecule has 380 valence electrons. The first kappa shape index (κ1) is 61.4. The van der Waals surface area contributed by atoms with Gasteiger partial charge in [0.1, 0.15) is 43.2 Å². The van der Waals surface area contributed by atoms with Gasteiger partial charge in [0, 0.05) is 19.4 Å². The van der Waals surface area contributed by atoms with E-state index in [0.29, 0.717) is 19.3 Å². The molecule has 0 saturated heterocycles. The number of allylic oxidation sites excluding steroid dienone is 12. The standard InChI is InChI=1S/C47H80O17P2/c1-2-3-4-5-6-7-8-9-13-17-20-23-26-29-32-35-41(50)62-39(38-61-66(58,59)64-47-44(53)42(51)43(52)46(45(47)54)63-65(55,56)57)37-60-40(49)34-31-28-25-22-19-16-14-11-10-12-15-18-21-24-27-30-33-36-48/h6-7,9-10,12-14,16,18,21-22,25,39,42-48,51-54H,2-5,8,11,15,17,19-20,23-24,26-38H2,1H3,(H,58,59)(H2,55,56,57)/b7-6-,12-10-,13-9-,16-14-,21-18-,25-22-/t39-,42?,43?,44?,45?,46-,47+/m1/s1. The van der Waals surface area contributed by atoms with E-state index in [-0.39, 0.29) is 19.4 Å². The number of esters is 2. The third-order valence-corrected chi connectivity index (χ3v) is 11.8. The van der Waals surface area contributed by atoms with Crippen LogP contribution in [0.2, 0.25) is 0 Å². The van der Waals surface area contributed by atoms with Crippen LogP contribution in [0, 0.1) is 0 Å². The van der Waals surface area contributed by atoms with Crippen molar-refractivity contribution < 1.29 is 82.0 Å². The monoisotopic (exact) mass is 978 g/mol. The predicted molar refractivity (Wildman–Crippen MR) is 252 cm³/mol. The van der Waals surface area contributed by atoms with E-state index in [2.05, 4.69) is 66.1 Å². The fourth-order valence-electron chi connectivity index (χ4n) is 6.61. The smallest absolute Gasteiger partial charge is 0.462 e. The molecule has 1 aliphatic rings. The molecule has 0 spiro atoms. The van der Waals surface area contributed by atoms with Crippen LogP contribution in [0.25, 0.3) is 0 Å². The van der Waals surface area contributed by atoms with Gasteiger partial charge in [0.25, 0.3) is 0 Å². The Bertz CT molecular complexity index is 1560. The van der Waals surface area contributed by atoms with Crippen molar-refractivity contribution in [2.45, 2.75) is 191 Å². The van der Waals surface area contributed by atoms with E-state index in [1.54, 1.807) is 0 Å². The van der Waals surface area contributed by atoms with Gasteiger partial charge in [-0.3, -0.25) is 23.2 Å². The second kappa shape index (κ2) is 38.3. The van der Waals surface area contributed by atoms with Gasteiger partial charge in [0.15, 0.2) is 6.10 Å². The normalized spacial score (nSPS) is 22.1. The second-order valence-electron chi connectivity index (χ2n) is 16.2. The molecule has 17 nitrogen and oxygen atoms in total. The molecule has 0 heterocycles. The molecule has 66 heavy (non-hydrogen) atoms. The molecule has 19 heteroatoms. The van der Waals surface area contributed by atoms with Crippen molar-refractivity contribution in [2.24, 2.45) is 0 Å². The first-order chi connectivity index (χ1) is 31.6. The fourth-order valence-corrected chi connectivity index (χ4v) is 8.15. The van der Waals surface area contributed by atoms with Crippen molar-refractivity contribution >= 4 is 27.6 Å². The highest BCUT2D eigenvalue weighted by Gasteiger charge is 2.54. The van der Waals surface area contributed by atoms with Crippen LogP contribution in [0.1, 0.15) is 148 Å². The van der Waals surface area contributed by atoms with Crippen LogP contribution in [-0.4, -0.2) is 115 Å². The zero-order chi connectivity index (χ0) is 48.9. The van der Waals surface area contributed by atoms with Crippen molar-refractivity contribution in [3.05, 3.63) is 72.9 Å². The largest absolute Gasteiger partial charge is 0.472 e. The third-order valence-electron chi connectivity index (χ3n) is 10.3. The van der Waals surface area contributed by atoms with E-state index in [0.717, 1.165) is 89.9 Å². The van der Waals surface area contributed by atoms with Gasteiger partial charge < -0.3 is 49.7 Å². The summed E-state index contributed by atoms with van der Waals surface area (Å²) in [4.78, 5) is 54.2. The van der Waals surface area contributed by atoms with E-state index in [1.165, 1.54) is 19.3 Å². The minimum Gasteiger partial charge on any atom is -0.462 e. The molecule has 1 fully saturated rings. The molecule has 0 radical (unpaired) electrons. The van der Waals surface area contributed by atoms with Crippen LogP contribution < -0.4 is 0 Å². The number of phosphoric ester groups is 2. The van der Waals surface area contributed by atoms with Gasteiger partial charge in [-0.2, -0.15) is 0 Å². The Labute approximate surface area is 392 Å². The van der Waals surface area contributed by atoms with Crippen LogP contribution in [-0.2, 0) is 41.8 Å². The quantitative estimate of drug-likeness (QED) is 0.0126. The maximum atomic E-state index is 13.0. The van der Waals surface area contributed by atoms with E-state index in [9.17, 15) is 44.0 Å². The summed E-state index contributed by atoms with van der Waals surface area (Å²) in [5.41, 5.74) is 0. The molecule has 1 aliphatic carbocycles. The Morgan fingerprint density at radius 3 is 1.47 bits per heavy atom. The van der Waals surface area contributed by atoms with Crippen molar-refractivity contribution in [2.75, 3.05) is 19.8 Å². The summed E-state index contributed by atoms with van der Waals surface area (Å²) in [5, 5.41) is 50.0. The SMILES string of the molecule is CCCCC/C=C\C/C=C\CCCCCCCC(=O)O[C@H](COC(=O)CCC/C=C\C/C=C\C/C=C\C/C=C\CCCCCO)COP(=O)(O)O[C@H]1C(O)C(O)C(O)[C@@H](OP(=O)(O)O)C1O. The van der Waals surface area contributed by atoms with Crippen LogP contribution >= 0.6 is 15.6 Å². The summed E-state index contributed by atoms with van der Waals surface area (Å²) in [6, 6.07) is 0. The van der Waals surface area contributed by atoms with Crippen molar-refractivity contribution in [1.82, 2.24) is 0 Å². The van der Waals surface area contributed by atoms with Crippen LogP contribution in [0.4, 0.5) is 0 Å². The first-order valence-electron chi connectivity index (χ1n) is 23.6. The zero-order valence-corrected chi connectivity index (χ0v) is 40.6. The molecule has 0 aromatic rings. The predicted octanol–water partition coefficient (Wildman–Crippen LogP) is 7.81. The highest BCUT2D eigenvalue weighted by molar-refractivity contribution is 7.47.